The van der Waals surface area contributed by atoms with Crippen LogP contribution in [0.3, 0.4) is 0 Å². The number of carbonyl (C=O) groups excluding carboxylic acids is 1. The minimum absolute atomic E-state index is 0.0928. The standard InChI is InChI=1S/C15H24N2O4/c18-11-5-3-10(4-6-11)16-15(21)17-13-9-2-1-8(7-9)12(13)14(19)20/h8-13,18H,1-7H2,(H,19,20)(H2,16,17,21). The Morgan fingerprint density at radius 2 is 1.57 bits per heavy atom. The van der Waals surface area contributed by atoms with Crippen molar-refractivity contribution in [2.24, 2.45) is 17.8 Å². The highest BCUT2D eigenvalue weighted by molar-refractivity contribution is 5.77. The van der Waals surface area contributed by atoms with E-state index in [9.17, 15) is 19.8 Å². The Hall–Kier alpha value is -1.30. The normalized spacial score (nSPS) is 41.8. The molecule has 3 saturated carbocycles. The van der Waals surface area contributed by atoms with Crippen molar-refractivity contribution >= 4 is 12.0 Å². The van der Waals surface area contributed by atoms with Gasteiger partial charge in [0.15, 0.2) is 0 Å². The van der Waals surface area contributed by atoms with E-state index in [0.717, 1.165) is 44.9 Å². The number of rotatable bonds is 3. The number of aliphatic hydroxyl groups is 1. The molecule has 4 unspecified atom stereocenters. The largest absolute Gasteiger partial charge is 0.481 e. The minimum Gasteiger partial charge on any atom is -0.481 e. The third kappa shape index (κ3) is 3.00. The van der Waals surface area contributed by atoms with Gasteiger partial charge in [-0.1, -0.05) is 0 Å². The number of hydrogen-bond acceptors (Lipinski definition) is 3. The van der Waals surface area contributed by atoms with Gasteiger partial charge in [-0.25, -0.2) is 4.79 Å². The Balaban J connectivity index is 1.53. The molecule has 0 heterocycles. The van der Waals surface area contributed by atoms with E-state index in [4.69, 9.17) is 0 Å². The Morgan fingerprint density at radius 3 is 2.24 bits per heavy atom. The molecule has 4 N–H and O–H groups in total. The summed E-state index contributed by atoms with van der Waals surface area (Å²) in [6.07, 6.45) is 5.69. The summed E-state index contributed by atoms with van der Waals surface area (Å²) in [5.41, 5.74) is 0. The SMILES string of the molecule is O=C(NC1CCC(O)CC1)NC1C2CCC(C2)C1C(=O)O. The molecule has 2 amide bonds. The molecule has 0 radical (unpaired) electrons. The van der Waals surface area contributed by atoms with Gasteiger partial charge in [-0.15, -0.1) is 0 Å². The molecule has 3 aliphatic rings. The molecule has 0 aromatic heterocycles. The van der Waals surface area contributed by atoms with E-state index in [1.807, 2.05) is 0 Å². The molecule has 118 valence electrons. The van der Waals surface area contributed by atoms with Gasteiger partial charge in [0.05, 0.1) is 12.0 Å². The van der Waals surface area contributed by atoms with Crippen molar-refractivity contribution in [3.05, 3.63) is 0 Å². The van der Waals surface area contributed by atoms with Crippen LogP contribution in [0.4, 0.5) is 4.79 Å². The summed E-state index contributed by atoms with van der Waals surface area (Å²) in [4.78, 5) is 23.5. The third-order valence-electron chi connectivity index (χ3n) is 5.53. The van der Waals surface area contributed by atoms with Crippen LogP contribution in [-0.2, 0) is 4.79 Å². The van der Waals surface area contributed by atoms with Crippen molar-refractivity contribution in [2.45, 2.75) is 63.1 Å². The fourth-order valence-electron chi connectivity index (χ4n) is 4.45. The maximum Gasteiger partial charge on any atom is 0.315 e. The molecule has 3 rings (SSSR count). The molecule has 0 spiro atoms. The lowest BCUT2D eigenvalue weighted by atomic mass is 9.84. The second kappa shape index (κ2) is 5.83. The van der Waals surface area contributed by atoms with E-state index >= 15 is 0 Å². The lowest BCUT2D eigenvalue weighted by molar-refractivity contribution is -0.144. The predicted octanol–water partition coefficient (Wildman–Crippen LogP) is 1.09. The number of carboxylic acid groups (broad SMARTS) is 1. The summed E-state index contributed by atoms with van der Waals surface area (Å²) in [5.74, 6) is -0.673. The lowest BCUT2D eigenvalue weighted by Crippen LogP contribution is -2.52. The van der Waals surface area contributed by atoms with Gasteiger partial charge in [0.25, 0.3) is 0 Å². The average molecular weight is 296 g/mol. The predicted molar refractivity (Wildman–Crippen MR) is 75.7 cm³/mol. The maximum absolute atomic E-state index is 12.1. The Bertz CT molecular complexity index is 420. The lowest BCUT2D eigenvalue weighted by Gasteiger charge is -2.31. The van der Waals surface area contributed by atoms with Gasteiger partial charge >= 0.3 is 12.0 Å². The first-order valence-corrected chi connectivity index (χ1v) is 8.02. The number of carbonyl (C=O) groups is 2. The number of urea groups is 1. The Morgan fingerprint density at radius 1 is 0.905 bits per heavy atom. The van der Waals surface area contributed by atoms with Crippen LogP contribution in [-0.4, -0.2) is 40.4 Å². The number of fused-ring (bicyclic) bond motifs is 2. The summed E-state index contributed by atoms with van der Waals surface area (Å²) < 4.78 is 0. The average Bonchev–Trinajstić information content (AvgIpc) is 3.02. The van der Waals surface area contributed by atoms with Gasteiger partial charge in [-0.05, 0) is 56.8 Å². The van der Waals surface area contributed by atoms with Gasteiger partial charge in [0.2, 0.25) is 0 Å². The molecule has 21 heavy (non-hydrogen) atoms. The Kier molecular flexibility index (Phi) is 4.06. The van der Waals surface area contributed by atoms with E-state index in [1.165, 1.54) is 0 Å². The van der Waals surface area contributed by atoms with Crippen LogP contribution in [0.5, 0.6) is 0 Å². The molecule has 3 aliphatic carbocycles. The van der Waals surface area contributed by atoms with E-state index in [2.05, 4.69) is 10.6 Å². The summed E-state index contributed by atoms with van der Waals surface area (Å²) in [5, 5.41) is 24.7. The van der Waals surface area contributed by atoms with Crippen molar-refractivity contribution in [1.29, 1.82) is 0 Å². The molecule has 0 aliphatic heterocycles. The van der Waals surface area contributed by atoms with Gasteiger partial charge in [-0.2, -0.15) is 0 Å². The first-order valence-electron chi connectivity index (χ1n) is 8.02. The number of aliphatic carboxylic acids is 1. The van der Waals surface area contributed by atoms with Crippen LogP contribution in [0.15, 0.2) is 0 Å². The second-order valence-electron chi connectivity index (χ2n) is 6.85. The van der Waals surface area contributed by atoms with Gasteiger partial charge in [0, 0.05) is 12.1 Å². The Labute approximate surface area is 124 Å². The third-order valence-corrected chi connectivity index (χ3v) is 5.53. The quantitative estimate of drug-likeness (QED) is 0.626. The highest BCUT2D eigenvalue weighted by Gasteiger charge is 2.51. The number of amides is 2. The van der Waals surface area contributed by atoms with E-state index in [1.54, 1.807) is 0 Å². The summed E-state index contributed by atoms with van der Waals surface area (Å²) in [6.45, 7) is 0. The molecule has 6 nitrogen and oxygen atoms in total. The molecule has 3 fully saturated rings. The molecule has 2 bridgehead atoms. The second-order valence-corrected chi connectivity index (χ2v) is 6.85. The zero-order chi connectivity index (χ0) is 15.0. The van der Waals surface area contributed by atoms with Gasteiger partial charge in [0.1, 0.15) is 0 Å². The van der Waals surface area contributed by atoms with Crippen LogP contribution >= 0.6 is 0 Å². The van der Waals surface area contributed by atoms with Crippen molar-refractivity contribution in [2.75, 3.05) is 0 Å². The van der Waals surface area contributed by atoms with Crippen LogP contribution in [0, 0.1) is 17.8 Å². The van der Waals surface area contributed by atoms with E-state index in [0.29, 0.717) is 5.92 Å². The van der Waals surface area contributed by atoms with Crippen LogP contribution < -0.4 is 10.6 Å². The first-order chi connectivity index (χ1) is 10.0. The first kappa shape index (κ1) is 14.6. The van der Waals surface area contributed by atoms with Crippen LogP contribution in [0.25, 0.3) is 0 Å². The molecule has 0 aromatic rings. The smallest absolute Gasteiger partial charge is 0.315 e. The van der Waals surface area contributed by atoms with Gasteiger partial charge < -0.3 is 20.8 Å². The summed E-state index contributed by atoms with van der Waals surface area (Å²) in [7, 11) is 0. The molecular formula is C15H24N2O4. The number of nitrogens with one attached hydrogen (secondary N) is 2. The minimum atomic E-state index is -0.784. The molecular weight excluding hydrogens is 272 g/mol. The number of carboxylic acids is 1. The molecule has 0 aromatic carbocycles. The number of hydrogen-bond donors (Lipinski definition) is 4. The molecule has 4 atom stereocenters. The number of aliphatic hydroxyl groups excluding tert-OH is 1. The zero-order valence-electron chi connectivity index (χ0n) is 12.1. The van der Waals surface area contributed by atoms with E-state index < -0.39 is 11.9 Å². The van der Waals surface area contributed by atoms with Crippen molar-refractivity contribution in [3.8, 4) is 0 Å². The fraction of sp³-hybridized carbons (Fsp3) is 0.867. The monoisotopic (exact) mass is 296 g/mol. The maximum atomic E-state index is 12.1. The van der Waals surface area contributed by atoms with Crippen molar-refractivity contribution < 1.29 is 19.8 Å². The molecule has 6 heteroatoms. The molecule has 0 saturated heterocycles. The summed E-state index contributed by atoms with van der Waals surface area (Å²) in [6, 6.07) is -0.383. The summed E-state index contributed by atoms with van der Waals surface area (Å²) >= 11 is 0. The van der Waals surface area contributed by atoms with Crippen molar-refractivity contribution in [3.63, 3.8) is 0 Å². The zero-order valence-corrected chi connectivity index (χ0v) is 12.1. The highest BCUT2D eigenvalue weighted by Crippen LogP contribution is 2.48. The fourth-order valence-corrected chi connectivity index (χ4v) is 4.45. The highest BCUT2D eigenvalue weighted by atomic mass is 16.4. The van der Waals surface area contributed by atoms with Crippen LogP contribution in [0.1, 0.15) is 44.9 Å². The van der Waals surface area contributed by atoms with E-state index in [-0.39, 0.29) is 30.1 Å². The van der Waals surface area contributed by atoms with Crippen LogP contribution in [0.2, 0.25) is 0 Å². The van der Waals surface area contributed by atoms with Gasteiger partial charge in [-0.3, -0.25) is 4.79 Å². The van der Waals surface area contributed by atoms with Crippen molar-refractivity contribution in [1.82, 2.24) is 10.6 Å². The topological polar surface area (TPSA) is 98.7 Å².